The van der Waals surface area contributed by atoms with E-state index in [1.165, 1.54) is 0 Å². The van der Waals surface area contributed by atoms with Gasteiger partial charge in [-0.05, 0) is 67.6 Å². The van der Waals surface area contributed by atoms with E-state index in [0.29, 0.717) is 11.4 Å². The number of ether oxygens (including phenoxy) is 2. The van der Waals surface area contributed by atoms with E-state index in [-0.39, 0.29) is 0 Å². The molecule has 0 saturated carbocycles. The summed E-state index contributed by atoms with van der Waals surface area (Å²) in [4.78, 5) is 22.5. The number of carbonyl (C=O) groups is 2. The van der Waals surface area contributed by atoms with Gasteiger partial charge in [0.2, 0.25) is 5.91 Å². The predicted molar refractivity (Wildman–Crippen MR) is 97.2 cm³/mol. The van der Waals surface area contributed by atoms with Crippen molar-refractivity contribution >= 4 is 17.6 Å². The van der Waals surface area contributed by atoms with Crippen LogP contribution in [0.4, 0.5) is 5.69 Å². The van der Waals surface area contributed by atoms with Gasteiger partial charge in [-0.15, -0.1) is 0 Å². The average molecular weight is 355 g/mol. The minimum Gasteiger partial charge on any atom is -0.497 e. The molecule has 0 spiro atoms. The number of anilines is 1. The van der Waals surface area contributed by atoms with E-state index in [2.05, 4.69) is 5.32 Å². The number of methoxy groups -OCH3 is 1. The van der Waals surface area contributed by atoms with Crippen molar-refractivity contribution in [3.05, 3.63) is 47.0 Å². The van der Waals surface area contributed by atoms with E-state index < -0.39 is 18.3 Å². The molecule has 2 aromatic carbocycles. The fourth-order valence-electron chi connectivity index (χ4n) is 3.25. The maximum atomic E-state index is 11.8. The number of fused-ring (bicyclic) bond motifs is 1. The molecule has 0 saturated heterocycles. The number of benzene rings is 2. The van der Waals surface area contributed by atoms with Gasteiger partial charge in [-0.1, -0.05) is 0 Å². The molecule has 6 nitrogen and oxygen atoms in total. The molecule has 1 aliphatic carbocycles. The van der Waals surface area contributed by atoms with E-state index in [0.717, 1.165) is 47.5 Å². The molecule has 2 aromatic rings. The van der Waals surface area contributed by atoms with Gasteiger partial charge in [0.25, 0.3) is 0 Å². The van der Waals surface area contributed by atoms with Gasteiger partial charge >= 0.3 is 5.97 Å². The second kappa shape index (κ2) is 7.47. The highest BCUT2D eigenvalue weighted by Crippen LogP contribution is 2.40. The third-order valence-electron chi connectivity index (χ3n) is 4.40. The van der Waals surface area contributed by atoms with Gasteiger partial charge in [0, 0.05) is 11.3 Å². The molecule has 0 heterocycles. The Balaban J connectivity index is 1.89. The summed E-state index contributed by atoms with van der Waals surface area (Å²) in [6.45, 7) is 1.92. The normalized spacial score (nSPS) is 12.4. The zero-order valence-electron chi connectivity index (χ0n) is 14.8. The third-order valence-corrected chi connectivity index (χ3v) is 4.40. The first-order chi connectivity index (χ1) is 12.5. The Labute approximate surface area is 151 Å². The molecule has 1 aliphatic rings. The first kappa shape index (κ1) is 17.8. The molecule has 26 heavy (non-hydrogen) atoms. The summed E-state index contributed by atoms with van der Waals surface area (Å²) in [6.07, 6.45) is 2.12. The highest BCUT2D eigenvalue weighted by atomic mass is 16.5. The first-order valence-electron chi connectivity index (χ1n) is 8.47. The van der Waals surface area contributed by atoms with Gasteiger partial charge in [0.05, 0.1) is 7.11 Å². The number of nitrogens with one attached hydrogen (secondary N) is 1. The summed E-state index contributed by atoms with van der Waals surface area (Å²) < 4.78 is 11.3. The fourth-order valence-corrected chi connectivity index (χ4v) is 3.25. The van der Waals surface area contributed by atoms with Crippen molar-refractivity contribution in [1.29, 1.82) is 0 Å². The lowest BCUT2D eigenvalue weighted by atomic mass is 10.0. The second-order valence-corrected chi connectivity index (χ2v) is 6.28. The number of hydrogen-bond donors (Lipinski definition) is 2. The largest absolute Gasteiger partial charge is 0.497 e. The summed E-state index contributed by atoms with van der Waals surface area (Å²) >= 11 is 0. The van der Waals surface area contributed by atoms with Crippen LogP contribution in [0.1, 0.15) is 29.5 Å². The minimum atomic E-state index is -1.14. The van der Waals surface area contributed by atoms with Gasteiger partial charge in [-0.2, -0.15) is 0 Å². The van der Waals surface area contributed by atoms with Crippen molar-refractivity contribution in [2.75, 3.05) is 12.4 Å². The molecule has 3 rings (SSSR count). The lowest BCUT2D eigenvalue weighted by Crippen LogP contribution is -2.17. The number of amides is 1. The van der Waals surface area contributed by atoms with Crippen LogP contribution < -0.4 is 14.8 Å². The standard InChI is InChI=1S/C20H21NO5/c1-12-10-17(21-18(22)11-19(23)24)15-4-3-5-16(15)20(12)26-14-8-6-13(25-2)7-9-14/h6-10H,3-5,11H2,1-2H3,(H,21,22)(H,23,24). The van der Waals surface area contributed by atoms with Gasteiger partial charge in [-0.25, -0.2) is 0 Å². The Morgan fingerprint density at radius 3 is 2.42 bits per heavy atom. The molecule has 1 amide bonds. The lowest BCUT2D eigenvalue weighted by molar-refractivity contribution is -0.139. The smallest absolute Gasteiger partial charge is 0.312 e. The highest BCUT2D eigenvalue weighted by Gasteiger charge is 2.23. The third kappa shape index (κ3) is 3.79. The van der Waals surface area contributed by atoms with Crippen LogP contribution in [0.3, 0.4) is 0 Å². The molecular formula is C20H21NO5. The lowest BCUT2D eigenvalue weighted by Gasteiger charge is -2.17. The van der Waals surface area contributed by atoms with Gasteiger partial charge in [0.1, 0.15) is 23.7 Å². The Bertz CT molecular complexity index is 842. The van der Waals surface area contributed by atoms with Gasteiger partial charge in [-0.3, -0.25) is 9.59 Å². The summed E-state index contributed by atoms with van der Waals surface area (Å²) in [5.74, 6) is 0.616. The van der Waals surface area contributed by atoms with Crippen LogP contribution in [0.5, 0.6) is 17.2 Å². The van der Waals surface area contributed by atoms with Crippen molar-refractivity contribution in [1.82, 2.24) is 0 Å². The van der Waals surface area contributed by atoms with Crippen LogP contribution in [0, 0.1) is 6.92 Å². The predicted octanol–water partition coefficient (Wildman–Crippen LogP) is 3.70. The van der Waals surface area contributed by atoms with Crippen molar-refractivity contribution in [3.63, 3.8) is 0 Å². The fraction of sp³-hybridized carbons (Fsp3) is 0.300. The van der Waals surface area contributed by atoms with Crippen LogP contribution >= 0.6 is 0 Å². The summed E-state index contributed by atoms with van der Waals surface area (Å²) in [5, 5.41) is 11.5. The quantitative estimate of drug-likeness (QED) is 0.772. The molecular weight excluding hydrogens is 334 g/mol. The number of carboxylic acid groups (broad SMARTS) is 1. The Morgan fingerprint density at radius 1 is 1.12 bits per heavy atom. The van der Waals surface area contributed by atoms with Gasteiger partial charge < -0.3 is 19.9 Å². The monoisotopic (exact) mass is 355 g/mol. The number of aliphatic carboxylic acids is 1. The molecule has 0 unspecified atom stereocenters. The molecule has 0 bridgehead atoms. The number of aryl methyl sites for hydroxylation is 1. The molecule has 0 aromatic heterocycles. The van der Waals surface area contributed by atoms with Crippen LogP contribution in [0.25, 0.3) is 0 Å². The number of rotatable bonds is 6. The van der Waals surface area contributed by atoms with Crippen molar-refractivity contribution in [3.8, 4) is 17.2 Å². The summed E-state index contributed by atoms with van der Waals surface area (Å²) in [7, 11) is 1.62. The van der Waals surface area contributed by atoms with Crippen LogP contribution in [0.15, 0.2) is 30.3 Å². The number of carboxylic acids is 1. The topological polar surface area (TPSA) is 84.9 Å². The molecule has 0 radical (unpaired) electrons. The summed E-state index contributed by atoms with van der Waals surface area (Å²) in [5.41, 5.74) is 3.68. The maximum Gasteiger partial charge on any atom is 0.312 e. The zero-order valence-corrected chi connectivity index (χ0v) is 14.8. The van der Waals surface area contributed by atoms with Crippen molar-refractivity contribution < 1.29 is 24.2 Å². The Morgan fingerprint density at radius 2 is 1.77 bits per heavy atom. The van der Waals surface area contributed by atoms with Crippen LogP contribution in [-0.2, 0) is 22.4 Å². The second-order valence-electron chi connectivity index (χ2n) is 6.28. The molecule has 136 valence electrons. The average Bonchev–Trinajstić information content (AvgIpc) is 3.08. The van der Waals surface area contributed by atoms with E-state index >= 15 is 0 Å². The van der Waals surface area contributed by atoms with E-state index in [1.54, 1.807) is 7.11 Å². The van der Waals surface area contributed by atoms with Gasteiger partial charge in [0.15, 0.2) is 0 Å². The van der Waals surface area contributed by atoms with E-state index in [1.807, 2.05) is 37.3 Å². The Kier molecular flexibility index (Phi) is 5.11. The van der Waals surface area contributed by atoms with Crippen LogP contribution in [0.2, 0.25) is 0 Å². The molecule has 2 N–H and O–H groups in total. The van der Waals surface area contributed by atoms with E-state index in [4.69, 9.17) is 14.6 Å². The number of hydrogen-bond acceptors (Lipinski definition) is 4. The summed E-state index contributed by atoms with van der Waals surface area (Å²) in [6, 6.07) is 9.23. The molecule has 6 heteroatoms. The van der Waals surface area contributed by atoms with Crippen LogP contribution in [-0.4, -0.2) is 24.1 Å². The molecule has 0 atom stereocenters. The number of carbonyl (C=O) groups excluding carboxylic acids is 1. The molecule has 0 fully saturated rings. The zero-order chi connectivity index (χ0) is 18.7. The highest BCUT2D eigenvalue weighted by molar-refractivity contribution is 6.02. The van der Waals surface area contributed by atoms with Crippen molar-refractivity contribution in [2.24, 2.45) is 0 Å². The molecule has 0 aliphatic heterocycles. The maximum absolute atomic E-state index is 11.8. The minimum absolute atomic E-state index is 0.519. The van der Waals surface area contributed by atoms with Crippen molar-refractivity contribution in [2.45, 2.75) is 32.6 Å². The Hall–Kier alpha value is -3.02. The SMILES string of the molecule is COc1ccc(Oc2c(C)cc(NC(=O)CC(=O)O)c3c2CCC3)cc1. The van der Waals surface area contributed by atoms with E-state index in [9.17, 15) is 9.59 Å². The first-order valence-corrected chi connectivity index (χ1v) is 8.47.